The molecule has 0 aromatic heterocycles. The van der Waals surface area contributed by atoms with E-state index in [1.807, 2.05) is 0 Å². The molecule has 84 valence electrons. The van der Waals surface area contributed by atoms with Gasteiger partial charge in [-0.05, 0) is 17.7 Å². The predicted molar refractivity (Wildman–Crippen MR) is 61.7 cm³/mol. The molecule has 0 saturated carbocycles. The molecule has 1 N–H and O–H groups in total. The highest BCUT2D eigenvalue weighted by atomic mass is 35.5. The van der Waals surface area contributed by atoms with Crippen molar-refractivity contribution in [3.63, 3.8) is 0 Å². The van der Waals surface area contributed by atoms with Gasteiger partial charge in [0.2, 0.25) is 0 Å². The van der Waals surface area contributed by atoms with Crippen LogP contribution in [0.15, 0.2) is 29.2 Å². The lowest BCUT2D eigenvalue weighted by Crippen LogP contribution is -2.10. The molecule has 0 spiro atoms. The van der Waals surface area contributed by atoms with Crippen molar-refractivity contribution < 1.29 is 8.42 Å². The van der Waals surface area contributed by atoms with Crippen LogP contribution in [0.4, 0.5) is 0 Å². The predicted octanol–water partition coefficient (Wildman–Crippen LogP) is 1.77. The second kappa shape index (κ2) is 5.49. The monoisotopic (exact) mass is 247 g/mol. The fourth-order valence-corrected chi connectivity index (χ4v) is 2.15. The van der Waals surface area contributed by atoms with Gasteiger partial charge in [-0.2, -0.15) is 0 Å². The molecular formula is C10H14ClNO2S. The Morgan fingerprint density at radius 3 is 2.33 bits per heavy atom. The van der Waals surface area contributed by atoms with Gasteiger partial charge in [-0.1, -0.05) is 19.1 Å². The third-order valence-electron chi connectivity index (χ3n) is 2.09. The molecule has 0 amide bonds. The van der Waals surface area contributed by atoms with Crippen molar-refractivity contribution >= 4 is 21.4 Å². The Hall–Kier alpha value is -0.580. The summed E-state index contributed by atoms with van der Waals surface area (Å²) in [5, 5.41) is 2.95. The molecule has 0 fully saturated rings. The van der Waals surface area contributed by atoms with Crippen LogP contribution in [0.25, 0.3) is 0 Å². The third-order valence-corrected chi connectivity index (χ3v) is 4.03. The van der Waals surface area contributed by atoms with Gasteiger partial charge in [-0.3, -0.25) is 5.32 Å². The normalized spacial score (nSPS) is 11.6. The number of alkyl halides is 1. The van der Waals surface area contributed by atoms with Crippen molar-refractivity contribution in [1.29, 1.82) is 0 Å². The zero-order valence-corrected chi connectivity index (χ0v) is 10.1. The number of halogens is 1. The first kappa shape index (κ1) is 12.5. The highest BCUT2D eigenvalue weighted by Crippen LogP contribution is 2.12. The molecule has 0 aliphatic rings. The maximum Gasteiger partial charge on any atom is 0.178 e. The summed E-state index contributed by atoms with van der Waals surface area (Å²) in [5.41, 5.74) is 1.02. The highest BCUT2D eigenvalue weighted by Gasteiger charge is 2.10. The molecule has 5 heteroatoms. The molecule has 0 aliphatic heterocycles. The Kier molecular flexibility index (Phi) is 4.57. The number of nitrogens with one attached hydrogen (secondary N) is 1. The number of sulfone groups is 1. The lowest BCUT2D eigenvalue weighted by Gasteiger charge is -2.04. The SMILES string of the molecule is CCS(=O)(=O)c1ccc(CNCCl)cc1. The van der Waals surface area contributed by atoms with Crippen LogP contribution in [-0.2, 0) is 16.4 Å². The third kappa shape index (κ3) is 3.48. The van der Waals surface area contributed by atoms with Crippen molar-refractivity contribution in [2.45, 2.75) is 18.4 Å². The van der Waals surface area contributed by atoms with E-state index in [0.29, 0.717) is 17.4 Å². The summed E-state index contributed by atoms with van der Waals surface area (Å²) in [6.07, 6.45) is 0. The fourth-order valence-electron chi connectivity index (χ4n) is 1.17. The lowest BCUT2D eigenvalue weighted by molar-refractivity contribution is 0.597. The molecule has 0 unspecified atom stereocenters. The summed E-state index contributed by atoms with van der Waals surface area (Å²) in [5.74, 6) is 0.131. The molecule has 0 heterocycles. The van der Waals surface area contributed by atoms with Crippen molar-refractivity contribution in [2.75, 3.05) is 11.8 Å². The van der Waals surface area contributed by atoms with Crippen LogP contribution in [0.2, 0.25) is 0 Å². The van der Waals surface area contributed by atoms with Crippen LogP contribution in [0.1, 0.15) is 12.5 Å². The average molecular weight is 248 g/mol. The average Bonchev–Trinajstić information content (AvgIpc) is 2.27. The molecule has 0 atom stereocenters. The Bertz CT molecular complexity index is 400. The lowest BCUT2D eigenvalue weighted by atomic mass is 10.2. The second-order valence-electron chi connectivity index (χ2n) is 3.11. The van der Waals surface area contributed by atoms with Gasteiger partial charge in [-0.15, -0.1) is 11.6 Å². The Labute approximate surface area is 95.4 Å². The van der Waals surface area contributed by atoms with Crippen molar-refractivity contribution in [3.8, 4) is 0 Å². The molecule has 1 aromatic rings. The van der Waals surface area contributed by atoms with Gasteiger partial charge in [0, 0.05) is 6.54 Å². The van der Waals surface area contributed by atoms with Gasteiger partial charge < -0.3 is 0 Å². The van der Waals surface area contributed by atoms with E-state index < -0.39 is 9.84 Å². The zero-order valence-electron chi connectivity index (χ0n) is 8.53. The van der Waals surface area contributed by atoms with Gasteiger partial charge in [0.25, 0.3) is 0 Å². The van der Waals surface area contributed by atoms with E-state index in [1.54, 1.807) is 31.2 Å². The van der Waals surface area contributed by atoms with Gasteiger partial charge in [0.15, 0.2) is 9.84 Å². The van der Waals surface area contributed by atoms with Gasteiger partial charge >= 0.3 is 0 Å². The minimum absolute atomic E-state index is 0.131. The van der Waals surface area contributed by atoms with Crippen molar-refractivity contribution in [2.24, 2.45) is 0 Å². The largest absolute Gasteiger partial charge is 0.300 e. The molecule has 0 aliphatic carbocycles. The number of hydrogen-bond donors (Lipinski definition) is 1. The maximum atomic E-state index is 11.5. The maximum absolute atomic E-state index is 11.5. The first-order chi connectivity index (χ1) is 7.10. The summed E-state index contributed by atoms with van der Waals surface area (Å²) in [6, 6.07) is 7.23. The second-order valence-corrected chi connectivity index (χ2v) is 5.65. The van der Waals surface area contributed by atoms with Crippen LogP contribution < -0.4 is 5.32 Å². The van der Waals surface area contributed by atoms with E-state index in [-0.39, 0.29) is 5.75 Å². The van der Waals surface area contributed by atoms with E-state index >= 15 is 0 Å². The quantitative estimate of drug-likeness (QED) is 0.637. The minimum atomic E-state index is -3.08. The van der Waals surface area contributed by atoms with E-state index in [1.165, 1.54) is 0 Å². The summed E-state index contributed by atoms with van der Waals surface area (Å²) in [6.45, 7) is 2.29. The number of benzene rings is 1. The summed E-state index contributed by atoms with van der Waals surface area (Å²) < 4.78 is 23.0. The highest BCUT2D eigenvalue weighted by molar-refractivity contribution is 7.91. The minimum Gasteiger partial charge on any atom is -0.300 e. The standard InChI is InChI=1S/C10H14ClNO2S/c1-2-15(13,14)10-5-3-9(4-6-10)7-12-8-11/h3-6,12H,2,7-8H2,1H3. The van der Waals surface area contributed by atoms with E-state index in [2.05, 4.69) is 5.32 Å². The molecule has 1 rings (SSSR count). The van der Waals surface area contributed by atoms with E-state index in [9.17, 15) is 8.42 Å². The first-order valence-electron chi connectivity index (χ1n) is 4.68. The van der Waals surface area contributed by atoms with E-state index in [4.69, 9.17) is 11.6 Å². The van der Waals surface area contributed by atoms with Gasteiger partial charge in [0.05, 0.1) is 16.7 Å². The van der Waals surface area contributed by atoms with Crippen LogP contribution in [0.5, 0.6) is 0 Å². The molecule has 15 heavy (non-hydrogen) atoms. The first-order valence-corrected chi connectivity index (χ1v) is 6.87. The Morgan fingerprint density at radius 1 is 1.27 bits per heavy atom. The van der Waals surface area contributed by atoms with Gasteiger partial charge in [0.1, 0.15) is 0 Å². The van der Waals surface area contributed by atoms with E-state index in [0.717, 1.165) is 5.56 Å². The summed E-state index contributed by atoms with van der Waals surface area (Å²) in [4.78, 5) is 0.375. The van der Waals surface area contributed by atoms with Crippen LogP contribution in [0, 0.1) is 0 Å². The fraction of sp³-hybridized carbons (Fsp3) is 0.400. The van der Waals surface area contributed by atoms with Crippen molar-refractivity contribution in [1.82, 2.24) is 5.32 Å². The summed E-state index contributed by atoms with van der Waals surface area (Å²) >= 11 is 5.47. The molecule has 3 nitrogen and oxygen atoms in total. The molecule has 0 radical (unpaired) electrons. The zero-order chi connectivity index (χ0) is 11.3. The number of rotatable bonds is 5. The number of hydrogen-bond acceptors (Lipinski definition) is 3. The molecule has 0 saturated heterocycles. The smallest absolute Gasteiger partial charge is 0.178 e. The molecular weight excluding hydrogens is 234 g/mol. The van der Waals surface area contributed by atoms with Gasteiger partial charge in [-0.25, -0.2) is 8.42 Å². The van der Waals surface area contributed by atoms with Crippen LogP contribution >= 0.6 is 11.6 Å². The van der Waals surface area contributed by atoms with Crippen LogP contribution in [0.3, 0.4) is 0 Å². The topological polar surface area (TPSA) is 46.2 Å². The Balaban J connectivity index is 2.81. The Morgan fingerprint density at radius 2 is 1.87 bits per heavy atom. The summed E-state index contributed by atoms with van der Waals surface area (Å²) in [7, 11) is -3.08. The molecule has 0 bridgehead atoms. The van der Waals surface area contributed by atoms with Crippen molar-refractivity contribution in [3.05, 3.63) is 29.8 Å². The molecule has 1 aromatic carbocycles. The van der Waals surface area contributed by atoms with Crippen LogP contribution in [-0.4, -0.2) is 20.2 Å².